The molecule has 2 aliphatic rings. The molecule has 118 valence electrons. The third kappa shape index (κ3) is 2.42. The van der Waals surface area contributed by atoms with Gasteiger partial charge >= 0.3 is 0 Å². The maximum atomic E-state index is 5.36. The average Bonchev–Trinajstić information content (AvgIpc) is 2.90. The number of rotatable bonds is 3. The zero-order valence-corrected chi connectivity index (χ0v) is 13.7. The van der Waals surface area contributed by atoms with Crippen molar-refractivity contribution in [3.63, 3.8) is 0 Å². The van der Waals surface area contributed by atoms with Crippen molar-refractivity contribution in [1.29, 1.82) is 0 Å². The standard InChI is InChI=1S/C21H23NO/c1-3-23-17-11-9-16(10-12-17)22-20-7-5-4-6-18(20)19-14-15(2)8-13-21(19)22/h3,8-14,18,20H,1,4-7H2,2H3. The Bertz CT molecular complexity index is 719. The summed E-state index contributed by atoms with van der Waals surface area (Å²) in [6, 6.07) is 15.9. The number of hydrogen-bond donors (Lipinski definition) is 0. The summed E-state index contributed by atoms with van der Waals surface area (Å²) in [7, 11) is 0. The minimum atomic E-state index is 0.603. The summed E-state index contributed by atoms with van der Waals surface area (Å²) in [6.07, 6.45) is 6.76. The molecule has 0 N–H and O–H groups in total. The zero-order chi connectivity index (χ0) is 15.8. The Balaban J connectivity index is 1.76. The average molecular weight is 305 g/mol. The van der Waals surface area contributed by atoms with Gasteiger partial charge in [0.15, 0.2) is 0 Å². The van der Waals surface area contributed by atoms with Crippen LogP contribution < -0.4 is 9.64 Å². The molecule has 2 heteroatoms. The van der Waals surface area contributed by atoms with Crippen molar-refractivity contribution in [3.8, 4) is 5.75 Å². The molecule has 0 amide bonds. The fourth-order valence-electron chi connectivity index (χ4n) is 4.26. The number of aryl methyl sites for hydroxylation is 1. The Hall–Kier alpha value is -2.22. The fraction of sp³-hybridized carbons (Fsp3) is 0.333. The van der Waals surface area contributed by atoms with E-state index in [1.807, 2.05) is 12.1 Å². The van der Waals surface area contributed by atoms with E-state index in [1.54, 1.807) is 5.56 Å². The van der Waals surface area contributed by atoms with Gasteiger partial charge in [-0.15, -0.1) is 0 Å². The lowest BCUT2D eigenvalue weighted by Crippen LogP contribution is -2.32. The summed E-state index contributed by atoms with van der Waals surface area (Å²) < 4.78 is 5.36. The summed E-state index contributed by atoms with van der Waals surface area (Å²) in [4.78, 5) is 2.55. The molecular formula is C21H23NO. The van der Waals surface area contributed by atoms with Crippen LogP contribution >= 0.6 is 0 Å². The van der Waals surface area contributed by atoms with Crippen molar-refractivity contribution in [2.75, 3.05) is 4.90 Å². The Morgan fingerprint density at radius 1 is 1.09 bits per heavy atom. The molecule has 0 radical (unpaired) electrons. The lowest BCUT2D eigenvalue weighted by Gasteiger charge is -2.33. The topological polar surface area (TPSA) is 12.5 Å². The first-order valence-electron chi connectivity index (χ1n) is 8.55. The van der Waals surface area contributed by atoms with Crippen LogP contribution in [0, 0.1) is 6.92 Å². The molecule has 0 spiro atoms. The van der Waals surface area contributed by atoms with Crippen molar-refractivity contribution in [3.05, 3.63) is 66.4 Å². The van der Waals surface area contributed by atoms with Gasteiger partial charge in [-0.25, -0.2) is 0 Å². The SMILES string of the molecule is C=COc1ccc(N2c3ccc(C)cc3C3CCCCC32)cc1. The predicted molar refractivity (Wildman–Crippen MR) is 95.6 cm³/mol. The van der Waals surface area contributed by atoms with Crippen molar-refractivity contribution in [2.45, 2.75) is 44.6 Å². The first-order valence-corrected chi connectivity index (χ1v) is 8.55. The molecular weight excluding hydrogens is 282 g/mol. The van der Waals surface area contributed by atoms with Crippen LogP contribution in [0.4, 0.5) is 11.4 Å². The Labute approximate surface area is 138 Å². The van der Waals surface area contributed by atoms with Gasteiger partial charge in [0, 0.05) is 23.3 Å². The van der Waals surface area contributed by atoms with E-state index < -0.39 is 0 Å². The van der Waals surface area contributed by atoms with Crippen molar-refractivity contribution < 1.29 is 4.74 Å². The van der Waals surface area contributed by atoms with Crippen molar-refractivity contribution >= 4 is 11.4 Å². The van der Waals surface area contributed by atoms with Gasteiger partial charge in [0.1, 0.15) is 5.75 Å². The van der Waals surface area contributed by atoms with E-state index in [2.05, 4.69) is 48.7 Å². The molecule has 0 bridgehead atoms. The van der Waals surface area contributed by atoms with Crippen LogP contribution in [0.3, 0.4) is 0 Å². The van der Waals surface area contributed by atoms with E-state index in [0.29, 0.717) is 12.0 Å². The molecule has 0 aromatic heterocycles. The molecule has 1 aliphatic heterocycles. The molecule has 2 atom stereocenters. The zero-order valence-electron chi connectivity index (χ0n) is 13.7. The van der Waals surface area contributed by atoms with Gasteiger partial charge in [-0.3, -0.25) is 0 Å². The van der Waals surface area contributed by atoms with Gasteiger partial charge in [0.05, 0.1) is 6.26 Å². The highest BCUT2D eigenvalue weighted by molar-refractivity contribution is 5.73. The molecule has 2 aromatic rings. The van der Waals surface area contributed by atoms with Crippen LogP contribution in [-0.2, 0) is 0 Å². The van der Waals surface area contributed by atoms with E-state index in [9.17, 15) is 0 Å². The number of anilines is 2. The minimum absolute atomic E-state index is 0.603. The maximum Gasteiger partial charge on any atom is 0.126 e. The van der Waals surface area contributed by atoms with E-state index in [1.165, 1.54) is 48.9 Å². The largest absolute Gasteiger partial charge is 0.466 e. The highest BCUT2D eigenvalue weighted by atomic mass is 16.5. The van der Waals surface area contributed by atoms with Gasteiger partial charge < -0.3 is 9.64 Å². The van der Waals surface area contributed by atoms with Crippen molar-refractivity contribution in [2.24, 2.45) is 0 Å². The summed E-state index contributed by atoms with van der Waals surface area (Å²) in [5.41, 5.74) is 5.57. The summed E-state index contributed by atoms with van der Waals surface area (Å²) >= 11 is 0. The van der Waals surface area contributed by atoms with E-state index >= 15 is 0 Å². The number of ether oxygens (including phenoxy) is 1. The van der Waals surface area contributed by atoms with Crippen LogP contribution in [0.25, 0.3) is 0 Å². The molecule has 1 saturated carbocycles. The van der Waals surface area contributed by atoms with Crippen LogP contribution in [0.2, 0.25) is 0 Å². The molecule has 4 rings (SSSR count). The van der Waals surface area contributed by atoms with Crippen LogP contribution in [-0.4, -0.2) is 6.04 Å². The molecule has 1 aliphatic carbocycles. The quantitative estimate of drug-likeness (QED) is 0.675. The number of fused-ring (bicyclic) bond motifs is 3. The monoisotopic (exact) mass is 305 g/mol. The summed E-state index contributed by atoms with van der Waals surface area (Å²) in [5.74, 6) is 1.52. The van der Waals surface area contributed by atoms with Gasteiger partial charge in [0.2, 0.25) is 0 Å². The van der Waals surface area contributed by atoms with Crippen LogP contribution in [0.15, 0.2) is 55.3 Å². The molecule has 23 heavy (non-hydrogen) atoms. The smallest absolute Gasteiger partial charge is 0.126 e. The lowest BCUT2D eigenvalue weighted by molar-refractivity contribution is 0.402. The third-order valence-electron chi connectivity index (χ3n) is 5.24. The second-order valence-corrected chi connectivity index (χ2v) is 6.67. The van der Waals surface area contributed by atoms with Crippen LogP contribution in [0.5, 0.6) is 5.75 Å². The second kappa shape index (κ2) is 5.77. The lowest BCUT2D eigenvalue weighted by atomic mass is 9.82. The number of nitrogens with zero attached hydrogens (tertiary/aromatic N) is 1. The maximum absolute atomic E-state index is 5.36. The summed E-state index contributed by atoms with van der Waals surface area (Å²) in [6.45, 7) is 5.81. The highest BCUT2D eigenvalue weighted by Crippen LogP contribution is 2.51. The summed E-state index contributed by atoms with van der Waals surface area (Å²) in [5, 5.41) is 0. The molecule has 1 fully saturated rings. The Morgan fingerprint density at radius 2 is 1.87 bits per heavy atom. The predicted octanol–water partition coefficient (Wildman–Crippen LogP) is 5.70. The van der Waals surface area contributed by atoms with Gasteiger partial charge in [-0.1, -0.05) is 37.1 Å². The Kier molecular flexibility index (Phi) is 3.60. The first kappa shape index (κ1) is 14.4. The highest BCUT2D eigenvalue weighted by Gasteiger charge is 2.40. The number of benzene rings is 2. The third-order valence-corrected chi connectivity index (χ3v) is 5.24. The molecule has 0 saturated heterocycles. The van der Waals surface area contributed by atoms with Crippen molar-refractivity contribution in [1.82, 2.24) is 0 Å². The van der Waals surface area contributed by atoms with E-state index in [-0.39, 0.29) is 0 Å². The first-order chi connectivity index (χ1) is 11.3. The van der Waals surface area contributed by atoms with Gasteiger partial charge in [-0.2, -0.15) is 0 Å². The fourth-order valence-corrected chi connectivity index (χ4v) is 4.26. The Morgan fingerprint density at radius 3 is 2.65 bits per heavy atom. The molecule has 2 unspecified atom stereocenters. The molecule has 2 nitrogen and oxygen atoms in total. The number of hydrogen-bond acceptors (Lipinski definition) is 2. The van der Waals surface area contributed by atoms with E-state index in [4.69, 9.17) is 4.74 Å². The molecule has 1 heterocycles. The van der Waals surface area contributed by atoms with Gasteiger partial charge in [-0.05, 0) is 55.7 Å². The molecule has 2 aromatic carbocycles. The second-order valence-electron chi connectivity index (χ2n) is 6.67. The normalized spacial score (nSPS) is 22.4. The minimum Gasteiger partial charge on any atom is -0.466 e. The van der Waals surface area contributed by atoms with Crippen LogP contribution in [0.1, 0.15) is 42.7 Å². The van der Waals surface area contributed by atoms with E-state index in [0.717, 1.165) is 5.75 Å². The van der Waals surface area contributed by atoms with Gasteiger partial charge in [0.25, 0.3) is 0 Å².